The number of aromatic nitrogens is 1. The molecule has 0 saturated carbocycles. The van der Waals surface area contributed by atoms with Crippen molar-refractivity contribution in [2.24, 2.45) is 0 Å². The second kappa shape index (κ2) is 6.84. The molecule has 0 atom stereocenters. The molecule has 25 heavy (non-hydrogen) atoms. The van der Waals surface area contributed by atoms with Crippen LogP contribution in [0.5, 0.6) is 11.5 Å². The molecule has 0 unspecified atom stereocenters. The van der Waals surface area contributed by atoms with E-state index < -0.39 is 0 Å². The van der Waals surface area contributed by atoms with Gasteiger partial charge in [-0.05, 0) is 31.2 Å². The van der Waals surface area contributed by atoms with Gasteiger partial charge in [0.2, 0.25) is 5.91 Å². The second-order valence-corrected chi connectivity index (χ2v) is 5.80. The summed E-state index contributed by atoms with van der Waals surface area (Å²) in [6, 6.07) is 11.1. The highest BCUT2D eigenvalue weighted by Gasteiger charge is 2.19. The zero-order valence-corrected chi connectivity index (χ0v) is 14.7. The predicted molar refractivity (Wildman–Crippen MR) is 95.4 cm³/mol. The lowest BCUT2D eigenvalue weighted by atomic mass is 10.1. The van der Waals surface area contributed by atoms with E-state index in [1.165, 1.54) is 0 Å². The van der Waals surface area contributed by atoms with Crippen molar-refractivity contribution in [1.82, 2.24) is 5.16 Å². The minimum absolute atomic E-state index is 0.111. The molecule has 0 aliphatic rings. The van der Waals surface area contributed by atoms with Crippen molar-refractivity contribution >= 4 is 22.6 Å². The molecule has 0 aliphatic carbocycles. The summed E-state index contributed by atoms with van der Waals surface area (Å²) in [5.74, 6) is 1.12. The fourth-order valence-corrected chi connectivity index (χ4v) is 2.69. The molecule has 3 aromatic rings. The minimum atomic E-state index is -0.111. The van der Waals surface area contributed by atoms with E-state index in [-0.39, 0.29) is 12.3 Å². The van der Waals surface area contributed by atoms with Crippen LogP contribution in [0.3, 0.4) is 0 Å². The largest absolute Gasteiger partial charge is 0.497 e. The summed E-state index contributed by atoms with van der Waals surface area (Å²) >= 11 is 0. The van der Waals surface area contributed by atoms with Crippen molar-refractivity contribution < 1.29 is 18.8 Å². The first-order chi connectivity index (χ1) is 12.0. The van der Waals surface area contributed by atoms with Gasteiger partial charge in [0.15, 0.2) is 5.58 Å². The molecule has 0 radical (unpaired) electrons. The van der Waals surface area contributed by atoms with Crippen LogP contribution >= 0.6 is 0 Å². The third-order valence-corrected chi connectivity index (χ3v) is 4.14. The van der Waals surface area contributed by atoms with Crippen molar-refractivity contribution in [3.63, 3.8) is 0 Å². The van der Waals surface area contributed by atoms with Gasteiger partial charge >= 0.3 is 0 Å². The summed E-state index contributed by atoms with van der Waals surface area (Å²) in [5.41, 5.74) is 3.06. The lowest BCUT2D eigenvalue weighted by Gasteiger charge is -2.20. The van der Waals surface area contributed by atoms with Crippen LogP contribution in [0.1, 0.15) is 11.3 Å². The van der Waals surface area contributed by atoms with E-state index in [2.05, 4.69) is 5.16 Å². The van der Waals surface area contributed by atoms with Gasteiger partial charge in [-0.2, -0.15) is 0 Å². The van der Waals surface area contributed by atoms with Crippen LogP contribution in [0, 0.1) is 6.92 Å². The number of carbonyl (C=O) groups is 1. The van der Waals surface area contributed by atoms with Crippen LogP contribution in [0.15, 0.2) is 40.9 Å². The van der Waals surface area contributed by atoms with Gasteiger partial charge in [0.05, 0.1) is 26.3 Å². The Morgan fingerprint density at radius 3 is 2.68 bits per heavy atom. The third-order valence-electron chi connectivity index (χ3n) is 4.14. The molecule has 0 aliphatic heterocycles. The van der Waals surface area contributed by atoms with Crippen LogP contribution in [0.25, 0.3) is 11.0 Å². The van der Waals surface area contributed by atoms with Gasteiger partial charge in [0.25, 0.3) is 0 Å². The molecule has 0 fully saturated rings. The molecule has 0 spiro atoms. The average molecular weight is 340 g/mol. The van der Waals surface area contributed by atoms with E-state index in [1.807, 2.05) is 25.1 Å². The maximum absolute atomic E-state index is 12.7. The zero-order chi connectivity index (χ0) is 18.0. The molecule has 6 heteroatoms. The van der Waals surface area contributed by atoms with Crippen molar-refractivity contribution in [1.29, 1.82) is 0 Å². The molecule has 2 aromatic carbocycles. The number of nitrogens with zero attached hydrogens (tertiary/aromatic N) is 2. The molecule has 1 heterocycles. The zero-order valence-electron chi connectivity index (χ0n) is 14.7. The Bertz CT molecular complexity index is 917. The molecular weight excluding hydrogens is 320 g/mol. The number of rotatable bonds is 5. The van der Waals surface area contributed by atoms with Crippen LogP contribution in [0.4, 0.5) is 5.69 Å². The summed E-state index contributed by atoms with van der Waals surface area (Å²) in [7, 11) is 4.85. The third kappa shape index (κ3) is 3.28. The molecule has 3 rings (SSSR count). The lowest BCUT2D eigenvalue weighted by Crippen LogP contribution is -2.28. The molecule has 130 valence electrons. The van der Waals surface area contributed by atoms with Gasteiger partial charge in [-0.1, -0.05) is 16.8 Å². The maximum Gasteiger partial charge on any atom is 0.233 e. The van der Waals surface area contributed by atoms with E-state index >= 15 is 0 Å². The molecule has 0 bridgehead atoms. The number of methoxy groups -OCH3 is 2. The smallest absolute Gasteiger partial charge is 0.233 e. The number of amides is 1. The fourth-order valence-electron chi connectivity index (χ4n) is 2.69. The Hall–Kier alpha value is -3.02. The number of likely N-dealkylation sites (N-methyl/N-ethyl adjacent to an activating group) is 1. The van der Waals surface area contributed by atoms with Gasteiger partial charge < -0.3 is 18.9 Å². The number of benzene rings is 2. The molecular formula is C19H20N2O4. The Morgan fingerprint density at radius 2 is 1.96 bits per heavy atom. The first kappa shape index (κ1) is 16.8. The van der Waals surface area contributed by atoms with E-state index in [0.29, 0.717) is 28.5 Å². The minimum Gasteiger partial charge on any atom is -0.497 e. The number of hydrogen-bond donors (Lipinski definition) is 0. The van der Waals surface area contributed by atoms with E-state index in [4.69, 9.17) is 14.0 Å². The molecule has 6 nitrogen and oxygen atoms in total. The van der Waals surface area contributed by atoms with Gasteiger partial charge in [-0.25, -0.2) is 0 Å². The summed E-state index contributed by atoms with van der Waals surface area (Å²) in [4.78, 5) is 14.3. The van der Waals surface area contributed by atoms with E-state index in [0.717, 1.165) is 10.9 Å². The number of hydrogen-bond acceptors (Lipinski definition) is 5. The highest BCUT2D eigenvalue weighted by molar-refractivity contribution is 5.97. The van der Waals surface area contributed by atoms with E-state index in [9.17, 15) is 4.79 Å². The van der Waals surface area contributed by atoms with Crippen LogP contribution in [0.2, 0.25) is 0 Å². The number of carbonyl (C=O) groups excluding carboxylic acids is 1. The van der Waals surface area contributed by atoms with Crippen molar-refractivity contribution in [3.8, 4) is 11.5 Å². The Labute approximate surface area is 145 Å². The number of ether oxygens (including phenoxy) is 2. The monoisotopic (exact) mass is 340 g/mol. The standard InChI is InChI=1S/C19H20N2O4/c1-12-5-8-17-14(9-12)15(20-25-17)11-19(22)21(2)16-7-6-13(23-3)10-18(16)24-4/h5-10H,11H2,1-4H3. The van der Waals surface area contributed by atoms with Gasteiger partial charge in [-0.3, -0.25) is 4.79 Å². The molecule has 1 amide bonds. The lowest BCUT2D eigenvalue weighted by molar-refractivity contribution is -0.117. The quantitative estimate of drug-likeness (QED) is 0.712. The van der Waals surface area contributed by atoms with Crippen LogP contribution in [-0.4, -0.2) is 32.3 Å². The first-order valence-corrected chi connectivity index (χ1v) is 7.87. The summed E-state index contributed by atoms with van der Waals surface area (Å²) in [6.45, 7) is 1.99. The van der Waals surface area contributed by atoms with Crippen LogP contribution in [-0.2, 0) is 11.2 Å². The number of aryl methyl sites for hydroxylation is 1. The van der Waals surface area contributed by atoms with E-state index in [1.54, 1.807) is 44.4 Å². The topological polar surface area (TPSA) is 64.8 Å². The molecule has 1 aromatic heterocycles. The SMILES string of the molecule is COc1ccc(N(C)C(=O)Cc2noc3ccc(C)cc23)c(OC)c1. The summed E-state index contributed by atoms with van der Waals surface area (Å²) in [5, 5.41) is 4.91. The highest BCUT2D eigenvalue weighted by Crippen LogP contribution is 2.32. The van der Waals surface area contributed by atoms with Gasteiger partial charge in [0.1, 0.15) is 17.2 Å². The fraction of sp³-hybridized carbons (Fsp3) is 0.263. The molecule has 0 saturated heterocycles. The Kier molecular flexibility index (Phi) is 4.61. The normalized spacial score (nSPS) is 10.7. The predicted octanol–water partition coefficient (Wildman–Crippen LogP) is 3.36. The van der Waals surface area contributed by atoms with Gasteiger partial charge in [-0.15, -0.1) is 0 Å². The van der Waals surface area contributed by atoms with Gasteiger partial charge in [0, 0.05) is 18.5 Å². The Balaban J connectivity index is 1.86. The average Bonchev–Trinajstić information content (AvgIpc) is 3.02. The number of anilines is 1. The van der Waals surface area contributed by atoms with Crippen molar-refractivity contribution in [3.05, 3.63) is 47.7 Å². The second-order valence-electron chi connectivity index (χ2n) is 5.80. The molecule has 0 N–H and O–H groups in total. The number of fused-ring (bicyclic) bond motifs is 1. The summed E-state index contributed by atoms with van der Waals surface area (Å²) < 4.78 is 15.9. The summed E-state index contributed by atoms with van der Waals surface area (Å²) in [6.07, 6.45) is 0.141. The van der Waals surface area contributed by atoms with Crippen molar-refractivity contribution in [2.75, 3.05) is 26.2 Å². The van der Waals surface area contributed by atoms with Crippen LogP contribution < -0.4 is 14.4 Å². The highest BCUT2D eigenvalue weighted by atomic mass is 16.5. The maximum atomic E-state index is 12.7. The Morgan fingerprint density at radius 1 is 1.16 bits per heavy atom. The first-order valence-electron chi connectivity index (χ1n) is 7.87. The van der Waals surface area contributed by atoms with Crippen molar-refractivity contribution in [2.45, 2.75) is 13.3 Å².